The summed E-state index contributed by atoms with van der Waals surface area (Å²) in [7, 11) is 1.91. The van der Waals surface area contributed by atoms with Gasteiger partial charge >= 0.3 is 5.69 Å². The standard InChI is InChI=1S/C13H15FN4O2/c1-17-8-7-16-12(17)5-6-15-9-10-3-2-4-11(13(10)14)18(19)20/h2-4,7-8,15H,5-6,9H2,1H3. The lowest BCUT2D eigenvalue weighted by Gasteiger charge is -2.06. The van der Waals surface area contributed by atoms with Gasteiger partial charge in [0.15, 0.2) is 0 Å². The molecule has 1 aromatic heterocycles. The summed E-state index contributed by atoms with van der Waals surface area (Å²) < 4.78 is 15.7. The summed E-state index contributed by atoms with van der Waals surface area (Å²) in [5, 5.41) is 13.7. The highest BCUT2D eigenvalue weighted by molar-refractivity contribution is 5.36. The summed E-state index contributed by atoms with van der Waals surface area (Å²) in [5.74, 6) is 0.152. The number of imidazole rings is 1. The van der Waals surface area contributed by atoms with Gasteiger partial charge in [-0.1, -0.05) is 12.1 Å². The number of halogens is 1. The monoisotopic (exact) mass is 278 g/mol. The molecule has 2 aromatic rings. The normalized spacial score (nSPS) is 10.7. The van der Waals surface area contributed by atoms with Crippen LogP contribution in [0.4, 0.5) is 10.1 Å². The lowest BCUT2D eigenvalue weighted by molar-refractivity contribution is -0.387. The number of hydrogen-bond acceptors (Lipinski definition) is 4. The predicted octanol–water partition coefficient (Wildman–Crippen LogP) is 1.80. The number of aromatic nitrogens is 2. The van der Waals surface area contributed by atoms with E-state index in [4.69, 9.17) is 0 Å². The van der Waals surface area contributed by atoms with E-state index in [0.29, 0.717) is 18.5 Å². The average Bonchev–Trinajstić information content (AvgIpc) is 2.81. The van der Waals surface area contributed by atoms with Crippen LogP contribution in [-0.4, -0.2) is 21.0 Å². The molecule has 0 saturated carbocycles. The Labute approximate surface area is 115 Å². The number of benzene rings is 1. The van der Waals surface area contributed by atoms with Crippen molar-refractivity contribution in [3.8, 4) is 0 Å². The number of nitrogens with one attached hydrogen (secondary N) is 1. The van der Waals surface area contributed by atoms with E-state index in [1.165, 1.54) is 12.1 Å². The van der Waals surface area contributed by atoms with Crippen LogP contribution in [0.25, 0.3) is 0 Å². The van der Waals surface area contributed by atoms with Gasteiger partial charge in [0.05, 0.1) is 4.92 Å². The van der Waals surface area contributed by atoms with Crippen molar-refractivity contribution in [2.45, 2.75) is 13.0 Å². The number of aryl methyl sites for hydroxylation is 1. The maximum absolute atomic E-state index is 13.8. The van der Waals surface area contributed by atoms with E-state index in [1.54, 1.807) is 6.20 Å². The number of nitro groups is 1. The van der Waals surface area contributed by atoms with Gasteiger partial charge < -0.3 is 9.88 Å². The lowest BCUT2D eigenvalue weighted by Crippen LogP contribution is -2.19. The van der Waals surface area contributed by atoms with Gasteiger partial charge in [0, 0.05) is 50.6 Å². The van der Waals surface area contributed by atoms with Crippen molar-refractivity contribution in [2.75, 3.05) is 6.54 Å². The first-order valence-corrected chi connectivity index (χ1v) is 6.18. The van der Waals surface area contributed by atoms with Crippen molar-refractivity contribution >= 4 is 5.69 Å². The first-order chi connectivity index (χ1) is 9.59. The van der Waals surface area contributed by atoms with Crippen molar-refractivity contribution < 1.29 is 9.31 Å². The van der Waals surface area contributed by atoms with E-state index in [1.807, 2.05) is 17.8 Å². The number of hydrogen-bond donors (Lipinski definition) is 1. The zero-order valence-electron chi connectivity index (χ0n) is 11.0. The van der Waals surface area contributed by atoms with Crippen LogP contribution in [0, 0.1) is 15.9 Å². The van der Waals surface area contributed by atoms with Crippen LogP contribution in [-0.2, 0) is 20.0 Å². The van der Waals surface area contributed by atoms with Gasteiger partial charge in [-0.25, -0.2) is 4.98 Å². The minimum absolute atomic E-state index is 0.248. The zero-order chi connectivity index (χ0) is 14.5. The van der Waals surface area contributed by atoms with Gasteiger partial charge in [-0.3, -0.25) is 10.1 Å². The molecule has 1 heterocycles. The Morgan fingerprint density at radius 1 is 1.50 bits per heavy atom. The maximum atomic E-state index is 13.8. The van der Waals surface area contributed by atoms with Gasteiger partial charge in [-0.2, -0.15) is 4.39 Å². The molecule has 7 heteroatoms. The fourth-order valence-corrected chi connectivity index (χ4v) is 1.90. The summed E-state index contributed by atoms with van der Waals surface area (Å²) in [6.45, 7) is 0.866. The summed E-state index contributed by atoms with van der Waals surface area (Å²) in [6, 6.07) is 4.18. The smallest absolute Gasteiger partial charge is 0.305 e. The lowest BCUT2D eigenvalue weighted by atomic mass is 10.2. The number of rotatable bonds is 6. The van der Waals surface area contributed by atoms with E-state index in [0.717, 1.165) is 11.9 Å². The molecule has 1 aromatic carbocycles. The average molecular weight is 278 g/mol. The van der Waals surface area contributed by atoms with Crippen LogP contribution in [0.2, 0.25) is 0 Å². The van der Waals surface area contributed by atoms with Crippen LogP contribution in [0.1, 0.15) is 11.4 Å². The highest BCUT2D eigenvalue weighted by atomic mass is 19.1. The molecule has 0 amide bonds. The fourth-order valence-electron chi connectivity index (χ4n) is 1.90. The third kappa shape index (κ3) is 3.18. The van der Waals surface area contributed by atoms with Gasteiger partial charge in [-0.05, 0) is 0 Å². The van der Waals surface area contributed by atoms with Crippen LogP contribution in [0.15, 0.2) is 30.6 Å². The second-order valence-electron chi connectivity index (χ2n) is 4.39. The summed E-state index contributed by atoms with van der Waals surface area (Å²) in [5.41, 5.74) is -0.201. The molecule has 0 aliphatic carbocycles. The molecule has 0 unspecified atom stereocenters. The molecular weight excluding hydrogens is 263 g/mol. The molecular formula is C13H15FN4O2. The van der Waals surface area contributed by atoms with Crippen molar-refractivity contribution in [1.29, 1.82) is 0 Å². The molecule has 20 heavy (non-hydrogen) atoms. The second-order valence-corrected chi connectivity index (χ2v) is 4.39. The molecule has 0 saturated heterocycles. The van der Waals surface area contributed by atoms with Crippen molar-refractivity contribution in [2.24, 2.45) is 7.05 Å². The zero-order valence-corrected chi connectivity index (χ0v) is 11.0. The van der Waals surface area contributed by atoms with Gasteiger partial charge in [0.2, 0.25) is 5.82 Å². The highest BCUT2D eigenvalue weighted by Gasteiger charge is 2.16. The summed E-state index contributed by atoms with van der Waals surface area (Å²) >= 11 is 0. The van der Waals surface area contributed by atoms with Crippen LogP contribution in [0.3, 0.4) is 0 Å². The molecule has 0 aliphatic heterocycles. The molecule has 106 valence electrons. The molecule has 6 nitrogen and oxygen atoms in total. The first kappa shape index (κ1) is 14.1. The molecule has 0 atom stereocenters. The molecule has 0 radical (unpaired) electrons. The minimum Gasteiger partial charge on any atom is -0.338 e. The van der Waals surface area contributed by atoms with E-state index in [9.17, 15) is 14.5 Å². The van der Waals surface area contributed by atoms with Crippen molar-refractivity contribution in [3.63, 3.8) is 0 Å². The van der Waals surface area contributed by atoms with Crippen LogP contribution < -0.4 is 5.32 Å². The van der Waals surface area contributed by atoms with Gasteiger partial charge in [0.25, 0.3) is 0 Å². The Hall–Kier alpha value is -2.28. The Morgan fingerprint density at radius 3 is 2.95 bits per heavy atom. The Balaban J connectivity index is 1.90. The largest absolute Gasteiger partial charge is 0.338 e. The molecule has 0 spiro atoms. The Kier molecular flexibility index (Phi) is 4.41. The second kappa shape index (κ2) is 6.25. The van der Waals surface area contributed by atoms with E-state index in [-0.39, 0.29) is 6.54 Å². The quantitative estimate of drug-likeness (QED) is 0.497. The number of nitrogens with zero attached hydrogens (tertiary/aromatic N) is 3. The molecule has 0 aliphatic rings. The molecule has 2 rings (SSSR count). The molecule has 0 fully saturated rings. The molecule has 0 bridgehead atoms. The predicted molar refractivity (Wildman–Crippen MR) is 71.7 cm³/mol. The van der Waals surface area contributed by atoms with Crippen molar-refractivity contribution in [3.05, 3.63) is 57.9 Å². The Bertz CT molecular complexity index is 612. The van der Waals surface area contributed by atoms with Crippen LogP contribution >= 0.6 is 0 Å². The van der Waals surface area contributed by atoms with E-state index < -0.39 is 16.4 Å². The first-order valence-electron chi connectivity index (χ1n) is 6.18. The van der Waals surface area contributed by atoms with Gasteiger partial charge in [0.1, 0.15) is 5.82 Å². The third-order valence-corrected chi connectivity index (χ3v) is 3.02. The van der Waals surface area contributed by atoms with Gasteiger partial charge in [-0.15, -0.1) is 0 Å². The van der Waals surface area contributed by atoms with Crippen LogP contribution in [0.5, 0.6) is 0 Å². The van der Waals surface area contributed by atoms with Crippen molar-refractivity contribution in [1.82, 2.24) is 14.9 Å². The van der Waals surface area contributed by atoms with E-state index >= 15 is 0 Å². The van der Waals surface area contributed by atoms with E-state index in [2.05, 4.69) is 10.3 Å². The minimum atomic E-state index is -0.776. The maximum Gasteiger partial charge on any atom is 0.305 e. The summed E-state index contributed by atoms with van der Waals surface area (Å²) in [4.78, 5) is 14.1. The topological polar surface area (TPSA) is 73.0 Å². The SMILES string of the molecule is Cn1ccnc1CCNCc1cccc([N+](=O)[O-])c1F. The third-order valence-electron chi connectivity index (χ3n) is 3.02. The molecule has 1 N–H and O–H groups in total. The summed E-state index contributed by atoms with van der Waals surface area (Å²) in [6.07, 6.45) is 4.28. The fraction of sp³-hybridized carbons (Fsp3) is 0.308. The number of nitro benzene ring substituents is 1. The highest BCUT2D eigenvalue weighted by Crippen LogP contribution is 2.19. The Morgan fingerprint density at radius 2 is 2.30 bits per heavy atom.